The van der Waals surface area contributed by atoms with E-state index >= 15 is 0 Å². The molecule has 1 heterocycles. The van der Waals surface area contributed by atoms with Crippen LogP contribution in [0.2, 0.25) is 5.02 Å². The molecule has 0 unspecified atom stereocenters. The summed E-state index contributed by atoms with van der Waals surface area (Å²) in [5, 5.41) is 16.8. The highest BCUT2D eigenvalue weighted by molar-refractivity contribution is 7.80. The number of aryl methyl sites for hydroxylation is 2. The van der Waals surface area contributed by atoms with Crippen molar-refractivity contribution in [2.45, 2.75) is 38.5 Å². The van der Waals surface area contributed by atoms with E-state index in [9.17, 15) is 10.1 Å². The van der Waals surface area contributed by atoms with Crippen LogP contribution in [0.1, 0.15) is 40.8 Å². The third-order valence-electron chi connectivity index (χ3n) is 4.34. The Kier molecular flexibility index (Phi) is 6.25. The van der Waals surface area contributed by atoms with Gasteiger partial charge in [-0.1, -0.05) is 29.8 Å². The van der Waals surface area contributed by atoms with Crippen LogP contribution in [0.3, 0.4) is 0 Å². The number of fused-ring (bicyclic) bond motifs is 1. The summed E-state index contributed by atoms with van der Waals surface area (Å²) in [4.78, 5) is 13.4. The maximum absolute atomic E-state index is 12.1. The molecule has 1 amide bonds. The van der Waals surface area contributed by atoms with Gasteiger partial charge in [0.2, 0.25) is 5.91 Å². The zero-order valence-corrected chi connectivity index (χ0v) is 16.5. The Hall–Kier alpha value is -1.94. The summed E-state index contributed by atoms with van der Waals surface area (Å²) in [5.74, 6) is -0.178. The summed E-state index contributed by atoms with van der Waals surface area (Å²) < 4.78 is 0. The maximum Gasteiger partial charge on any atom is 0.226 e. The molecule has 1 aliphatic carbocycles. The molecule has 0 bridgehead atoms. The molecule has 1 aliphatic rings. The first-order valence-corrected chi connectivity index (χ1v) is 10.1. The van der Waals surface area contributed by atoms with Crippen LogP contribution >= 0.6 is 35.2 Å². The van der Waals surface area contributed by atoms with Crippen molar-refractivity contribution in [1.29, 1.82) is 5.26 Å². The van der Waals surface area contributed by atoms with E-state index in [4.69, 9.17) is 23.8 Å². The van der Waals surface area contributed by atoms with Crippen LogP contribution < -0.4 is 10.6 Å². The van der Waals surface area contributed by atoms with Crippen molar-refractivity contribution < 1.29 is 4.79 Å². The Balaban J connectivity index is 1.57. The fourth-order valence-electron chi connectivity index (χ4n) is 3.05. The van der Waals surface area contributed by atoms with Gasteiger partial charge >= 0.3 is 0 Å². The van der Waals surface area contributed by atoms with Crippen LogP contribution in [-0.4, -0.2) is 11.0 Å². The average Bonchev–Trinajstić information content (AvgIpc) is 2.97. The standard InChI is InChI=1S/C19H18ClN3OS2/c20-15-7-3-1-5-12(15)9-10-17(24)22-19(25)23-18-14(11-21)13-6-2-4-8-16(13)26-18/h1,3,5,7H,2,4,6,8-10H2,(H2,22,23,24,25). The molecule has 134 valence electrons. The quantitative estimate of drug-likeness (QED) is 0.732. The number of benzene rings is 1. The molecule has 0 atom stereocenters. The Labute approximate surface area is 167 Å². The highest BCUT2D eigenvalue weighted by atomic mass is 35.5. The van der Waals surface area contributed by atoms with Crippen LogP contribution in [0.4, 0.5) is 5.00 Å². The minimum atomic E-state index is -0.178. The van der Waals surface area contributed by atoms with Crippen LogP contribution in [0.5, 0.6) is 0 Å². The number of amides is 1. The molecular weight excluding hydrogens is 386 g/mol. The number of thiocarbonyl (C=S) groups is 1. The molecule has 0 fully saturated rings. The van der Waals surface area contributed by atoms with Gasteiger partial charge in [0.15, 0.2) is 5.11 Å². The summed E-state index contributed by atoms with van der Waals surface area (Å²) in [6, 6.07) is 9.74. The maximum atomic E-state index is 12.1. The van der Waals surface area contributed by atoms with Crippen molar-refractivity contribution in [2.75, 3.05) is 5.32 Å². The summed E-state index contributed by atoms with van der Waals surface area (Å²) in [5.41, 5.74) is 2.73. The zero-order chi connectivity index (χ0) is 18.5. The molecule has 0 saturated carbocycles. The number of rotatable bonds is 4. The first-order chi connectivity index (χ1) is 12.6. The number of nitrogens with one attached hydrogen (secondary N) is 2. The number of anilines is 1. The Morgan fingerprint density at radius 3 is 2.85 bits per heavy atom. The number of halogens is 1. The highest BCUT2D eigenvalue weighted by Gasteiger charge is 2.21. The number of carbonyl (C=O) groups excluding carboxylic acids is 1. The molecule has 2 aromatic rings. The van der Waals surface area contributed by atoms with E-state index in [1.807, 2.05) is 24.3 Å². The molecule has 7 heteroatoms. The number of nitriles is 1. The lowest BCUT2D eigenvalue weighted by atomic mass is 9.96. The van der Waals surface area contributed by atoms with Gasteiger partial charge in [0.1, 0.15) is 11.1 Å². The molecule has 0 aliphatic heterocycles. The molecule has 26 heavy (non-hydrogen) atoms. The third kappa shape index (κ3) is 4.42. The van der Waals surface area contributed by atoms with Crippen LogP contribution in [0.15, 0.2) is 24.3 Å². The molecule has 0 saturated heterocycles. The molecule has 3 rings (SSSR count). The second-order valence-corrected chi connectivity index (χ2v) is 8.04. The molecular formula is C19H18ClN3OS2. The first kappa shape index (κ1) is 18.8. The summed E-state index contributed by atoms with van der Waals surface area (Å²) >= 11 is 12.9. The number of nitrogens with zero attached hydrogens (tertiary/aromatic N) is 1. The normalized spacial score (nSPS) is 12.8. The number of hydrogen-bond acceptors (Lipinski definition) is 4. The lowest BCUT2D eigenvalue weighted by molar-refractivity contribution is -0.119. The van der Waals surface area contributed by atoms with Crippen molar-refractivity contribution in [3.05, 3.63) is 50.9 Å². The molecule has 0 radical (unpaired) electrons. The predicted molar refractivity (Wildman–Crippen MR) is 110 cm³/mol. The SMILES string of the molecule is N#Cc1c(NC(=S)NC(=O)CCc2ccccc2Cl)sc2c1CCCC2. The number of thiophene rings is 1. The van der Waals surface area contributed by atoms with Gasteiger partial charge in [-0.2, -0.15) is 5.26 Å². The van der Waals surface area contributed by atoms with Crippen molar-refractivity contribution in [2.24, 2.45) is 0 Å². The van der Waals surface area contributed by atoms with E-state index in [0.717, 1.165) is 41.8 Å². The molecule has 1 aromatic heterocycles. The van der Waals surface area contributed by atoms with Gasteiger partial charge in [-0.25, -0.2) is 0 Å². The molecule has 2 N–H and O–H groups in total. The Morgan fingerprint density at radius 1 is 1.31 bits per heavy atom. The topological polar surface area (TPSA) is 64.9 Å². The van der Waals surface area contributed by atoms with E-state index in [0.29, 0.717) is 17.0 Å². The Morgan fingerprint density at radius 2 is 2.08 bits per heavy atom. The van der Waals surface area contributed by atoms with Crippen molar-refractivity contribution in [3.8, 4) is 6.07 Å². The van der Waals surface area contributed by atoms with E-state index in [2.05, 4.69) is 16.7 Å². The lowest BCUT2D eigenvalue weighted by Gasteiger charge is -2.10. The second-order valence-electron chi connectivity index (χ2n) is 6.12. The van der Waals surface area contributed by atoms with E-state index in [1.54, 1.807) is 11.3 Å². The lowest BCUT2D eigenvalue weighted by Crippen LogP contribution is -2.34. The van der Waals surface area contributed by atoms with Gasteiger partial charge in [0.25, 0.3) is 0 Å². The first-order valence-electron chi connectivity index (χ1n) is 8.47. The van der Waals surface area contributed by atoms with Gasteiger partial charge in [-0.15, -0.1) is 11.3 Å². The van der Waals surface area contributed by atoms with Gasteiger partial charge in [-0.3, -0.25) is 4.79 Å². The highest BCUT2D eigenvalue weighted by Crippen LogP contribution is 2.37. The van der Waals surface area contributed by atoms with E-state index < -0.39 is 0 Å². The van der Waals surface area contributed by atoms with Gasteiger partial charge in [-0.05, 0) is 61.5 Å². The smallest absolute Gasteiger partial charge is 0.226 e. The minimum Gasteiger partial charge on any atom is -0.323 e. The van der Waals surface area contributed by atoms with E-state index in [1.165, 1.54) is 4.88 Å². The number of carbonyl (C=O) groups is 1. The average molecular weight is 404 g/mol. The van der Waals surface area contributed by atoms with E-state index in [-0.39, 0.29) is 17.4 Å². The second kappa shape index (κ2) is 8.63. The van der Waals surface area contributed by atoms with Gasteiger partial charge in [0, 0.05) is 16.3 Å². The minimum absolute atomic E-state index is 0.178. The van der Waals surface area contributed by atoms with Crippen molar-refractivity contribution in [3.63, 3.8) is 0 Å². The fraction of sp³-hybridized carbons (Fsp3) is 0.316. The monoisotopic (exact) mass is 403 g/mol. The predicted octanol–water partition coefficient (Wildman–Crippen LogP) is 4.60. The zero-order valence-electron chi connectivity index (χ0n) is 14.1. The summed E-state index contributed by atoms with van der Waals surface area (Å²) in [7, 11) is 0. The van der Waals surface area contributed by atoms with Crippen molar-refractivity contribution >= 4 is 51.2 Å². The summed E-state index contributed by atoms with van der Waals surface area (Å²) in [6.45, 7) is 0. The van der Waals surface area contributed by atoms with Gasteiger partial charge in [0.05, 0.1) is 5.56 Å². The largest absolute Gasteiger partial charge is 0.323 e. The van der Waals surface area contributed by atoms with Crippen LogP contribution in [0.25, 0.3) is 0 Å². The fourth-order valence-corrected chi connectivity index (χ4v) is 4.80. The van der Waals surface area contributed by atoms with Crippen LogP contribution in [-0.2, 0) is 24.1 Å². The van der Waals surface area contributed by atoms with Crippen LogP contribution in [0, 0.1) is 11.3 Å². The van der Waals surface area contributed by atoms with Crippen molar-refractivity contribution in [1.82, 2.24) is 5.32 Å². The Bertz CT molecular complexity index is 885. The molecule has 4 nitrogen and oxygen atoms in total. The molecule has 1 aromatic carbocycles. The molecule has 0 spiro atoms. The third-order valence-corrected chi connectivity index (χ3v) is 6.12. The number of hydrogen-bond donors (Lipinski definition) is 2. The summed E-state index contributed by atoms with van der Waals surface area (Å²) in [6.07, 6.45) is 5.05. The van der Waals surface area contributed by atoms with Gasteiger partial charge < -0.3 is 10.6 Å².